The van der Waals surface area contributed by atoms with Gasteiger partial charge < -0.3 is 10.6 Å². The van der Waals surface area contributed by atoms with E-state index in [1.165, 1.54) is 24.1 Å². The van der Waals surface area contributed by atoms with Gasteiger partial charge in [0.15, 0.2) is 0 Å². The molecule has 1 aliphatic heterocycles. The molecular weight excluding hydrogens is 162 g/mol. The predicted molar refractivity (Wildman–Crippen MR) is 54.8 cm³/mol. The first kappa shape index (κ1) is 8.35. The molecule has 70 valence electrons. The number of pyridine rings is 1. The number of rotatable bonds is 1. The first-order valence-electron chi connectivity index (χ1n) is 4.74. The van der Waals surface area contributed by atoms with Gasteiger partial charge in [0.05, 0.1) is 17.6 Å². The van der Waals surface area contributed by atoms with Gasteiger partial charge in [-0.15, -0.1) is 0 Å². The van der Waals surface area contributed by atoms with E-state index in [0.29, 0.717) is 0 Å². The summed E-state index contributed by atoms with van der Waals surface area (Å²) >= 11 is 0. The van der Waals surface area contributed by atoms with Crippen LogP contribution >= 0.6 is 0 Å². The van der Waals surface area contributed by atoms with Crippen molar-refractivity contribution < 1.29 is 0 Å². The van der Waals surface area contributed by atoms with Gasteiger partial charge in [0, 0.05) is 19.3 Å². The molecule has 0 atom stereocenters. The largest absolute Gasteiger partial charge is 0.396 e. The normalized spacial score (nSPS) is 16.5. The van der Waals surface area contributed by atoms with Crippen molar-refractivity contribution >= 4 is 11.4 Å². The average Bonchev–Trinajstić information content (AvgIpc) is 2.57. The molecule has 0 saturated carbocycles. The third-order valence-corrected chi connectivity index (χ3v) is 2.55. The van der Waals surface area contributed by atoms with E-state index in [0.717, 1.165) is 18.8 Å². The van der Waals surface area contributed by atoms with Gasteiger partial charge in [-0.3, -0.25) is 4.98 Å². The van der Waals surface area contributed by atoms with E-state index in [4.69, 9.17) is 5.73 Å². The van der Waals surface area contributed by atoms with E-state index < -0.39 is 0 Å². The van der Waals surface area contributed by atoms with Crippen molar-refractivity contribution in [2.24, 2.45) is 0 Å². The Morgan fingerprint density at radius 3 is 2.62 bits per heavy atom. The molecule has 3 heteroatoms. The summed E-state index contributed by atoms with van der Waals surface area (Å²) in [5.74, 6) is 0. The molecule has 0 aromatic carbocycles. The van der Waals surface area contributed by atoms with Crippen LogP contribution in [0.1, 0.15) is 18.4 Å². The lowest BCUT2D eigenvalue weighted by Crippen LogP contribution is -2.20. The fourth-order valence-corrected chi connectivity index (χ4v) is 1.95. The molecule has 1 aromatic rings. The lowest BCUT2D eigenvalue weighted by molar-refractivity contribution is 0.949. The lowest BCUT2D eigenvalue weighted by atomic mass is 10.2. The van der Waals surface area contributed by atoms with Gasteiger partial charge in [0.2, 0.25) is 0 Å². The molecule has 3 nitrogen and oxygen atoms in total. The summed E-state index contributed by atoms with van der Waals surface area (Å²) in [5.41, 5.74) is 9.07. The van der Waals surface area contributed by atoms with E-state index >= 15 is 0 Å². The molecule has 0 aliphatic carbocycles. The van der Waals surface area contributed by atoms with Crippen LogP contribution in [-0.2, 0) is 0 Å². The third-order valence-electron chi connectivity index (χ3n) is 2.55. The van der Waals surface area contributed by atoms with Gasteiger partial charge in [-0.2, -0.15) is 0 Å². The van der Waals surface area contributed by atoms with Crippen molar-refractivity contribution in [2.45, 2.75) is 19.8 Å². The number of hydrogen-bond acceptors (Lipinski definition) is 3. The highest BCUT2D eigenvalue weighted by Crippen LogP contribution is 2.28. The SMILES string of the molecule is Cc1cncc(N)c1N1CCCC1. The zero-order valence-electron chi connectivity index (χ0n) is 7.95. The Morgan fingerprint density at radius 1 is 1.31 bits per heavy atom. The molecule has 2 N–H and O–H groups in total. The van der Waals surface area contributed by atoms with Gasteiger partial charge in [0.1, 0.15) is 0 Å². The highest BCUT2D eigenvalue weighted by molar-refractivity contribution is 5.70. The minimum atomic E-state index is 0.807. The summed E-state index contributed by atoms with van der Waals surface area (Å²) in [4.78, 5) is 6.42. The van der Waals surface area contributed by atoms with Crippen molar-refractivity contribution in [1.82, 2.24) is 4.98 Å². The van der Waals surface area contributed by atoms with Crippen LogP contribution in [0.5, 0.6) is 0 Å². The predicted octanol–water partition coefficient (Wildman–Crippen LogP) is 1.57. The Balaban J connectivity index is 2.37. The Kier molecular flexibility index (Phi) is 2.08. The van der Waals surface area contributed by atoms with Crippen molar-refractivity contribution in [3.05, 3.63) is 18.0 Å². The molecule has 2 rings (SSSR count). The quantitative estimate of drug-likeness (QED) is 0.708. The summed E-state index contributed by atoms with van der Waals surface area (Å²) in [6.45, 7) is 4.33. The summed E-state index contributed by atoms with van der Waals surface area (Å²) in [7, 11) is 0. The molecule has 1 aliphatic rings. The van der Waals surface area contributed by atoms with Gasteiger partial charge in [-0.25, -0.2) is 0 Å². The lowest BCUT2D eigenvalue weighted by Gasteiger charge is -2.21. The molecule has 1 aromatic heterocycles. The van der Waals surface area contributed by atoms with Crippen molar-refractivity contribution in [2.75, 3.05) is 23.7 Å². The Bertz CT molecular complexity index is 283. The van der Waals surface area contributed by atoms with Gasteiger partial charge >= 0.3 is 0 Å². The van der Waals surface area contributed by atoms with E-state index in [1.54, 1.807) is 6.20 Å². The Morgan fingerprint density at radius 2 is 2.00 bits per heavy atom. The standard InChI is InChI=1S/C10H15N3/c1-8-6-12-7-9(11)10(8)13-4-2-3-5-13/h6-7H,2-5,11H2,1H3. The van der Waals surface area contributed by atoms with Gasteiger partial charge in [-0.1, -0.05) is 0 Å². The average molecular weight is 177 g/mol. The fraction of sp³-hybridized carbons (Fsp3) is 0.500. The highest BCUT2D eigenvalue weighted by Gasteiger charge is 2.16. The first-order chi connectivity index (χ1) is 6.29. The second-order valence-electron chi connectivity index (χ2n) is 3.59. The topological polar surface area (TPSA) is 42.1 Å². The Labute approximate surface area is 78.6 Å². The molecule has 0 spiro atoms. The van der Waals surface area contributed by atoms with E-state index in [9.17, 15) is 0 Å². The van der Waals surface area contributed by atoms with Crippen LogP contribution in [0, 0.1) is 6.92 Å². The van der Waals surface area contributed by atoms with Crippen LogP contribution in [0.25, 0.3) is 0 Å². The zero-order valence-corrected chi connectivity index (χ0v) is 7.95. The van der Waals surface area contributed by atoms with Crippen LogP contribution in [0.4, 0.5) is 11.4 Å². The van der Waals surface area contributed by atoms with Gasteiger partial charge in [0.25, 0.3) is 0 Å². The summed E-state index contributed by atoms with van der Waals surface area (Å²) in [6, 6.07) is 0. The Hall–Kier alpha value is -1.25. The maximum atomic E-state index is 5.90. The molecule has 0 radical (unpaired) electrons. The number of aryl methyl sites for hydroxylation is 1. The number of nitrogen functional groups attached to an aromatic ring is 1. The molecule has 0 amide bonds. The van der Waals surface area contributed by atoms with E-state index in [2.05, 4.69) is 16.8 Å². The van der Waals surface area contributed by atoms with Crippen LogP contribution in [-0.4, -0.2) is 18.1 Å². The van der Waals surface area contributed by atoms with Crippen LogP contribution in [0.2, 0.25) is 0 Å². The number of anilines is 2. The summed E-state index contributed by atoms with van der Waals surface area (Å²) in [5, 5.41) is 0. The molecular formula is C10H15N3. The van der Waals surface area contributed by atoms with Crippen molar-refractivity contribution in [1.29, 1.82) is 0 Å². The number of aromatic nitrogens is 1. The van der Waals surface area contributed by atoms with Crippen molar-refractivity contribution in [3.8, 4) is 0 Å². The molecule has 0 unspecified atom stereocenters. The smallest absolute Gasteiger partial charge is 0.0741 e. The van der Waals surface area contributed by atoms with Crippen LogP contribution in [0.3, 0.4) is 0 Å². The first-order valence-corrected chi connectivity index (χ1v) is 4.74. The maximum absolute atomic E-state index is 5.90. The van der Waals surface area contributed by atoms with Crippen LogP contribution < -0.4 is 10.6 Å². The molecule has 1 fully saturated rings. The van der Waals surface area contributed by atoms with Crippen molar-refractivity contribution in [3.63, 3.8) is 0 Å². The monoisotopic (exact) mass is 177 g/mol. The third kappa shape index (κ3) is 1.46. The van der Waals surface area contributed by atoms with Gasteiger partial charge in [-0.05, 0) is 25.3 Å². The maximum Gasteiger partial charge on any atom is 0.0741 e. The summed E-state index contributed by atoms with van der Waals surface area (Å²) in [6.07, 6.45) is 6.17. The molecule has 0 bridgehead atoms. The fourth-order valence-electron chi connectivity index (χ4n) is 1.95. The number of nitrogens with zero attached hydrogens (tertiary/aromatic N) is 2. The number of hydrogen-bond donors (Lipinski definition) is 1. The highest BCUT2D eigenvalue weighted by atomic mass is 15.2. The number of nitrogens with two attached hydrogens (primary N) is 1. The second-order valence-corrected chi connectivity index (χ2v) is 3.59. The molecule has 13 heavy (non-hydrogen) atoms. The summed E-state index contributed by atoms with van der Waals surface area (Å²) < 4.78 is 0. The minimum Gasteiger partial charge on any atom is -0.396 e. The second kappa shape index (κ2) is 3.24. The molecule has 2 heterocycles. The zero-order chi connectivity index (χ0) is 9.26. The minimum absolute atomic E-state index is 0.807. The van der Waals surface area contributed by atoms with Crippen LogP contribution in [0.15, 0.2) is 12.4 Å². The molecule has 1 saturated heterocycles. The van der Waals surface area contributed by atoms with E-state index in [-0.39, 0.29) is 0 Å². The van der Waals surface area contributed by atoms with E-state index in [1.807, 2.05) is 6.20 Å².